The molecule has 53 heavy (non-hydrogen) atoms. The average molecular weight is 734 g/mol. The SMILES string of the molecule is Cc1ccc(S(=O)(=O)N(CC(=O)N(Cc2ccccc2F)C(Cc2ccccc2)C(=O)NC2CCCCC2)c2ccc(Oc3ccccc3)cc2)cc1. The molecule has 1 aliphatic rings. The zero-order valence-electron chi connectivity index (χ0n) is 29.7. The summed E-state index contributed by atoms with van der Waals surface area (Å²) in [4.78, 5) is 30.4. The molecule has 1 N–H and O–H groups in total. The molecule has 0 aromatic heterocycles. The maximum Gasteiger partial charge on any atom is 0.264 e. The van der Waals surface area contributed by atoms with Crippen LogP contribution in [0.15, 0.2) is 138 Å². The predicted molar refractivity (Wildman–Crippen MR) is 205 cm³/mol. The fraction of sp³-hybridized carbons (Fsp3) is 0.256. The lowest BCUT2D eigenvalue weighted by Gasteiger charge is -2.35. The van der Waals surface area contributed by atoms with Crippen molar-refractivity contribution in [3.05, 3.63) is 156 Å². The lowest BCUT2D eigenvalue weighted by molar-refractivity contribution is -0.140. The predicted octanol–water partition coefficient (Wildman–Crippen LogP) is 8.21. The molecule has 0 saturated heterocycles. The zero-order valence-corrected chi connectivity index (χ0v) is 30.6. The summed E-state index contributed by atoms with van der Waals surface area (Å²) in [7, 11) is -4.31. The van der Waals surface area contributed by atoms with Crippen LogP contribution in [0.1, 0.15) is 48.8 Å². The third kappa shape index (κ3) is 9.70. The molecule has 2 amide bonds. The van der Waals surface area contributed by atoms with Crippen LogP contribution in [0, 0.1) is 12.7 Å². The summed E-state index contributed by atoms with van der Waals surface area (Å²) in [6.07, 6.45) is 4.90. The second-order valence-electron chi connectivity index (χ2n) is 13.4. The molecular formula is C43H44FN3O5S. The van der Waals surface area contributed by atoms with Crippen molar-refractivity contribution in [3.63, 3.8) is 0 Å². The fourth-order valence-electron chi connectivity index (χ4n) is 6.58. The van der Waals surface area contributed by atoms with Crippen LogP contribution in [0.4, 0.5) is 10.1 Å². The third-order valence-electron chi connectivity index (χ3n) is 9.51. The summed E-state index contributed by atoms with van der Waals surface area (Å²) in [6.45, 7) is 0.962. The molecular weight excluding hydrogens is 690 g/mol. The number of hydrogen-bond acceptors (Lipinski definition) is 5. The Morgan fingerprint density at radius 1 is 0.774 bits per heavy atom. The van der Waals surface area contributed by atoms with Crippen LogP contribution < -0.4 is 14.4 Å². The number of benzene rings is 5. The summed E-state index contributed by atoms with van der Waals surface area (Å²) in [5.41, 5.74) is 2.11. The Morgan fingerprint density at radius 3 is 2.04 bits per heavy atom. The number of sulfonamides is 1. The molecule has 1 fully saturated rings. The highest BCUT2D eigenvalue weighted by atomic mass is 32.2. The van der Waals surface area contributed by atoms with Gasteiger partial charge in [-0.15, -0.1) is 0 Å². The third-order valence-corrected chi connectivity index (χ3v) is 11.3. The molecule has 1 atom stereocenters. The number of ether oxygens (including phenoxy) is 1. The van der Waals surface area contributed by atoms with E-state index in [-0.39, 0.29) is 41.1 Å². The number of para-hydroxylation sites is 1. The summed E-state index contributed by atoms with van der Waals surface area (Å²) in [6, 6.07) is 36.3. The van der Waals surface area contributed by atoms with Crippen LogP contribution >= 0.6 is 0 Å². The van der Waals surface area contributed by atoms with Crippen LogP contribution in [0.5, 0.6) is 11.5 Å². The van der Waals surface area contributed by atoms with Crippen molar-refractivity contribution in [1.29, 1.82) is 0 Å². The van der Waals surface area contributed by atoms with Gasteiger partial charge >= 0.3 is 0 Å². The molecule has 0 aliphatic heterocycles. The number of carbonyl (C=O) groups is 2. The van der Waals surface area contributed by atoms with Crippen molar-refractivity contribution in [1.82, 2.24) is 10.2 Å². The van der Waals surface area contributed by atoms with Gasteiger partial charge in [0.25, 0.3) is 10.0 Å². The average Bonchev–Trinajstić information content (AvgIpc) is 3.17. The highest BCUT2D eigenvalue weighted by molar-refractivity contribution is 7.92. The standard InChI is InChI=1S/C43H44FN3O5S/c1-32-21-27-39(28-22-32)53(50,51)47(36-23-25-38(26-24-36)52-37-18-9-4-10-19-37)31-42(48)46(30-34-15-11-12-20-40(34)44)41(29-33-13-5-2-6-14-33)43(49)45-35-16-7-3-8-17-35/h2,4-6,9-15,18-28,35,41H,3,7-8,16-17,29-31H2,1H3,(H,45,49). The number of halogens is 1. The first-order valence-corrected chi connectivity index (χ1v) is 19.4. The van der Waals surface area contributed by atoms with E-state index >= 15 is 4.39 Å². The maximum absolute atomic E-state index is 15.3. The Kier molecular flexibility index (Phi) is 12.2. The van der Waals surface area contributed by atoms with Crippen LogP contribution in [0.2, 0.25) is 0 Å². The lowest BCUT2D eigenvalue weighted by Crippen LogP contribution is -2.55. The Labute approximate surface area is 311 Å². The Bertz CT molecular complexity index is 2070. The van der Waals surface area contributed by atoms with Gasteiger partial charge in [-0.25, -0.2) is 12.8 Å². The highest BCUT2D eigenvalue weighted by Gasteiger charge is 2.36. The Balaban J connectivity index is 1.39. The minimum absolute atomic E-state index is 0.00274. The van der Waals surface area contributed by atoms with E-state index in [1.807, 2.05) is 55.5 Å². The van der Waals surface area contributed by atoms with Crippen molar-refractivity contribution in [3.8, 4) is 11.5 Å². The summed E-state index contributed by atoms with van der Waals surface area (Å²) in [5.74, 6) is -0.467. The van der Waals surface area contributed by atoms with Gasteiger partial charge in [-0.1, -0.05) is 104 Å². The molecule has 0 spiro atoms. The normalized spacial score (nSPS) is 13.8. The van der Waals surface area contributed by atoms with Gasteiger partial charge in [0.1, 0.15) is 29.9 Å². The van der Waals surface area contributed by atoms with Crippen molar-refractivity contribution in [2.75, 3.05) is 10.8 Å². The minimum atomic E-state index is -4.31. The number of hydrogen-bond donors (Lipinski definition) is 1. The van der Waals surface area contributed by atoms with E-state index in [0.717, 1.165) is 47.5 Å². The number of nitrogens with zero attached hydrogens (tertiary/aromatic N) is 2. The van der Waals surface area contributed by atoms with Gasteiger partial charge < -0.3 is 15.0 Å². The molecule has 10 heteroatoms. The number of anilines is 1. The molecule has 8 nitrogen and oxygen atoms in total. The van der Waals surface area contributed by atoms with Gasteiger partial charge in [-0.3, -0.25) is 13.9 Å². The molecule has 0 heterocycles. The second-order valence-corrected chi connectivity index (χ2v) is 15.3. The number of aryl methyl sites for hydroxylation is 1. The van der Waals surface area contributed by atoms with Crippen LogP contribution in [0.25, 0.3) is 0 Å². The van der Waals surface area contributed by atoms with Gasteiger partial charge in [0.2, 0.25) is 11.8 Å². The summed E-state index contributed by atoms with van der Waals surface area (Å²) < 4.78 is 51.1. The molecule has 1 aliphatic carbocycles. The summed E-state index contributed by atoms with van der Waals surface area (Å²) in [5, 5.41) is 3.18. The van der Waals surface area contributed by atoms with Gasteiger partial charge in [0.05, 0.1) is 10.6 Å². The van der Waals surface area contributed by atoms with E-state index in [1.165, 1.54) is 23.1 Å². The number of amides is 2. The van der Waals surface area contributed by atoms with Crippen molar-refractivity contribution in [2.24, 2.45) is 0 Å². The topological polar surface area (TPSA) is 96.0 Å². The lowest BCUT2D eigenvalue weighted by atomic mass is 9.94. The monoisotopic (exact) mass is 733 g/mol. The van der Waals surface area contributed by atoms with Crippen molar-refractivity contribution < 1.29 is 27.1 Å². The van der Waals surface area contributed by atoms with E-state index < -0.39 is 34.3 Å². The zero-order chi connectivity index (χ0) is 37.2. The fourth-order valence-corrected chi connectivity index (χ4v) is 7.99. The van der Waals surface area contributed by atoms with E-state index in [0.29, 0.717) is 11.5 Å². The van der Waals surface area contributed by atoms with Gasteiger partial charge in [-0.2, -0.15) is 0 Å². The molecule has 0 bridgehead atoms. The van der Waals surface area contributed by atoms with Gasteiger partial charge in [0, 0.05) is 24.6 Å². The minimum Gasteiger partial charge on any atom is -0.457 e. The van der Waals surface area contributed by atoms with E-state index in [4.69, 9.17) is 4.74 Å². The Hall–Kier alpha value is -5.48. The van der Waals surface area contributed by atoms with Crippen molar-refractivity contribution in [2.45, 2.75) is 69.0 Å². The van der Waals surface area contributed by atoms with Gasteiger partial charge in [-0.05, 0) is 79.9 Å². The molecule has 5 aromatic carbocycles. The molecule has 5 aromatic rings. The van der Waals surface area contributed by atoms with Crippen LogP contribution in [-0.2, 0) is 32.6 Å². The van der Waals surface area contributed by atoms with E-state index in [9.17, 15) is 18.0 Å². The van der Waals surface area contributed by atoms with Crippen LogP contribution in [0.3, 0.4) is 0 Å². The van der Waals surface area contributed by atoms with Gasteiger partial charge in [0.15, 0.2) is 0 Å². The first kappa shape index (κ1) is 37.3. The molecule has 1 unspecified atom stereocenters. The van der Waals surface area contributed by atoms with E-state index in [1.54, 1.807) is 66.7 Å². The number of rotatable bonds is 14. The highest BCUT2D eigenvalue weighted by Crippen LogP contribution is 2.29. The first-order chi connectivity index (χ1) is 25.7. The number of carbonyl (C=O) groups excluding carboxylic acids is 2. The number of nitrogens with one attached hydrogen (secondary N) is 1. The largest absolute Gasteiger partial charge is 0.457 e. The van der Waals surface area contributed by atoms with E-state index in [2.05, 4.69) is 5.32 Å². The molecule has 6 rings (SSSR count). The Morgan fingerprint density at radius 2 is 1.38 bits per heavy atom. The molecule has 1 saturated carbocycles. The second kappa shape index (κ2) is 17.4. The maximum atomic E-state index is 15.3. The smallest absolute Gasteiger partial charge is 0.264 e. The quantitative estimate of drug-likeness (QED) is 0.124. The molecule has 274 valence electrons. The van der Waals surface area contributed by atoms with Crippen LogP contribution in [-0.4, -0.2) is 43.8 Å². The summed E-state index contributed by atoms with van der Waals surface area (Å²) >= 11 is 0. The first-order valence-electron chi connectivity index (χ1n) is 18.0. The molecule has 0 radical (unpaired) electrons. The van der Waals surface area contributed by atoms with Crippen molar-refractivity contribution >= 4 is 27.5 Å².